The number of ether oxygens (including phenoxy) is 1. The molecule has 1 amide bonds. The molecule has 2 aromatic carbocycles. The minimum Gasteiger partial charge on any atom is -0.497 e. The number of amides is 1. The highest BCUT2D eigenvalue weighted by Crippen LogP contribution is 2.30. The lowest BCUT2D eigenvalue weighted by atomic mass is 9.98. The van der Waals surface area contributed by atoms with Crippen LogP contribution in [0.2, 0.25) is 0 Å². The van der Waals surface area contributed by atoms with E-state index in [1.165, 1.54) is 22.4 Å². The maximum absolute atomic E-state index is 14.2. The molecule has 4 rings (SSSR count). The van der Waals surface area contributed by atoms with Crippen molar-refractivity contribution in [1.29, 1.82) is 0 Å². The quantitative estimate of drug-likeness (QED) is 0.639. The number of nitrogens with zero attached hydrogens (tertiary/aromatic N) is 3. The SMILES string of the molecule is COc1ccc(C2CCN(C(=O)c3c(C)nn(-c4ccc(F)cc4F)c3C)C2)cc1. The Morgan fingerprint density at radius 2 is 1.87 bits per heavy atom. The summed E-state index contributed by atoms with van der Waals surface area (Å²) in [5, 5.41) is 4.35. The number of halogens is 2. The summed E-state index contributed by atoms with van der Waals surface area (Å²) in [6, 6.07) is 11.2. The molecule has 0 radical (unpaired) electrons. The third-order valence-electron chi connectivity index (χ3n) is 5.71. The maximum atomic E-state index is 14.2. The number of aryl methyl sites for hydroxylation is 1. The Kier molecular flexibility index (Phi) is 5.28. The van der Waals surface area contributed by atoms with Gasteiger partial charge in [-0.25, -0.2) is 13.5 Å². The minimum atomic E-state index is -0.722. The monoisotopic (exact) mass is 411 g/mol. The van der Waals surface area contributed by atoms with E-state index in [9.17, 15) is 13.6 Å². The molecular formula is C23H23F2N3O2. The first-order chi connectivity index (χ1) is 14.4. The van der Waals surface area contributed by atoms with Crippen molar-refractivity contribution in [3.63, 3.8) is 0 Å². The van der Waals surface area contributed by atoms with Gasteiger partial charge in [0.25, 0.3) is 5.91 Å². The van der Waals surface area contributed by atoms with Gasteiger partial charge in [-0.15, -0.1) is 0 Å². The molecule has 7 heteroatoms. The van der Waals surface area contributed by atoms with Gasteiger partial charge in [-0.3, -0.25) is 4.79 Å². The third kappa shape index (κ3) is 3.56. The average molecular weight is 411 g/mol. The third-order valence-corrected chi connectivity index (χ3v) is 5.71. The van der Waals surface area contributed by atoms with Gasteiger partial charge in [0, 0.05) is 25.1 Å². The van der Waals surface area contributed by atoms with Crippen molar-refractivity contribution in [1.82, 2.24) is 14.7 Å². The molecule has 0 spiro atoms. The van der Waals surface area contributed by atoms with Crippen molar-refractivity contribution in [2.45, 2.75) is 26.2 Å². The molecule has 1 aliphatic heterocycles. The van der Waals surface area contributed by atoms with E-state index < -0.39 is 11.6 Å². The Hall–Kier alpha value is -3.22. The highest BCUT2D eigenvalue weighted by atomic mass is 19.1. The molecule has 1 saturated heterocycles. The fourth-order valence-electron chi connectivity index (χ4n) is 4.09. The van der Waals surface area contributed by atoms with E-state index in [1.807, 2.05) is 29.2 Å². The summed E-state index contributed by atoms with van der Waals surface area (Å²) < 4.78 is 34.1. The van der Waals surface area contributed by atoms with Gasteiger partial charge in [0.1, 0.15) is 17.3 Å². The molecule has 2 heterocycles. The van der Waals surface area contributed by atoms with Crippen LogP contribution in [-0.4, -0.2) is 40.8 Å². The number of rotatable bonds is 4. The van der Waals surface area contributed by atoms with Gasteiger partial charge in [0.05, 0.1) is 24.1 Å². The van der Waals surface area contributed by atoms with Crippen molar-refractivity contribution in [2.24, 2.45) is 0 Å². The molecule has 1 atom stereocenters. The van der Waals surface area contributed by atoms with Crippen molar-refractivity contribution in [3.8, 4) is 11.4 Å². The second-order valence-electron chi connectivity index (χ2n) is 7.56. The second-order valence-corrected chi connectivity index (χ2v) is 7.56. The van der Waals surface area contributed by atoms with Crippen molar-refractivity contribution >= 4 is 5.91 Å². The minimum absolute atomic E-state index is 0.116. The summed E-state index contributed by atoms with van der Waals surface area (Å²) >= 11 is 0. The highest BCUT2D eigenvalue weighted by Gasteiger charge is 2.31. The first-order valence-electron chi connectivity index (χ1n) is 9.84. The Morgan fingerprint density at radius 1 is 1.13 bits per heavy atom. The number of carbonyl (C=O) groups excluding carboxylic acids is 1. The van der Waals surface area contributed by atoms with E-state index in [-0.39, 0.29) is 17.5 Å². The van der Waals surface area contributed by atoms with Gasteiger partial charge in [0.15, 0.2) is 5.82 Å². The Morgan fingerprint density at radius 3 is 2.53 bits per heavy atom. The fourth-order valence-corrected chi connectivity index (χ4v) is 4.09. The summed E-state index contributed by atoms with van der Waals surface area (Å²) in [6.45, 7) is 4.72. The van der Waals surface area contributed by atoms with E-state index in [4.69, 9.17) is 4.74 Å². The Balaban J connectivity index is 1.57. The number of hydrogen-bond acceptors (Lipinski definition) is 3. The molecule has 0 bridgehead atoms. The predicted molar refractivity (Wildman–Crippen MR) is 109 cm³/mol. The number of benzene rings is 2. The zero-order chi connectivity index (χ0) is 21.4. The summed E-state index contributed by atoms with van der Waals surface area (Å²) in [5.41, 5.74) is 2.82. The molecule has 1 fully saturated rings. The number of aromatic nitrogens is 2. The molecule has 5 nitrogen and oxygen atoms in total. The topological polar surface area (TPSA) is 47.4 Å². The van der Waals surface area contributed by atoms with Crippen LogP contribution >= 0.6 is 0 Å². The lowest BCUT2D eigenvalue weighted by Gasteiger charge is -2.17. The highest BCUT2D eigenvalue weighted by molar-refractivity contribution is 5.96. The molecule has 156 valence electrons. The first-order valence-corrected chi connectivity index (χ1v) is 9.84. The van der Waals surface area contributed by atoms with Crippen LogP contribution in [0.1, 0.15) is 39.6 Å². The number of carbonyl (C=O) groups is 1. The van der Waals surface area contributed by atoms with Gasteiger partial charge in [0.2, 0.25) is 0 Å². The van der Waals surface area contributed by atoms with Crippen molar-refractivity contribution in [2.75, 3.05) is 20.2 Å². The molecule has 30 heavy (non-hydrogen) atoms. The van der Waals surface area contributed by atoms with E-state index in [2.05, 4.69) is 5.10 Å². The molecule has 0 aliphatic carbocycles. The van der Waals surface area contributed by atoms with Crippen LogP contribution in [0, 0.1) is 25.5 Å². The van der Waals surface area contributed by atoms with Crippen LogP contribution in [0.5, 0.6) is 5.75 Å². The van der Waals surface area contributed by atoms with Gasteiger partial charge in [-0.1, -0.05) is 12.1 Å². The second kappa shape index (κ2) is 7.89. The zero-order valence-corrected chi connectivity index (χ0v) is 17.2. The van der Waals surface area contributed by atoms with Crippen LogP contribution in [-0.2, 0) is 0 Å². The molecule has 1 aromatic heterocycles. The van der Waals surface area contributed by atoms with Crippen LogP contribution < -0.4 is 4.74 Å². The largest absolute Gasteiger partial charge is 0.497 e. The lowest BCUT2D eigenvalue weighted by Crippen LogP contribution is -2.29. The number of likely N-dealkylation sites (tertiary alicyclic amines) is 1. The molecule has 3 aromatic rings. The van der Waals surface area contributed by atoms with Gasteiger partial charge < -0.3 is 9.64 Å². The fraction of sp³-hybridized carbons (Fsp3) is 0.304. The standard InChI is InChI=1S/C23H23F2N3O2/c1-14-22(15(2)28(26-14)21-9-6-18(24)12-20(21)25)23(29)27-11-10-17(13-27)16-4-7-19(30-3)8-5-16/h4-9,12,17H,10-11,13H2,1-3H3. The molecular weight excluding hydrogens is 388 g/mol. The normalized spacial score (nSPS) is 16.2. The van der Waals surface area contributed by atoms with Crippen LogP contribution in [0.4, 0.5) is 8.78 Å². The molecule has 1 unspecified atom stereocenters. The molecule has 0 saturated carbocycles. The first kappa shape index (κ1) is 20.1. The van der Waals surface area contributed by atoms with Crippen LogP contribution in [0.3, 0.4) is 0 Å². The van der Waals surface area contributed by atoms with Crippen molar-refractivity contribution < 1.29 is 18.3 Å². The van der Waals surface area contributed by atoms with Crippen molar-refractivity contribution in [3.05, 3.63) is 76.6 Å². The zero-order valence-electron chi connectivity index (χ0n) is 17.2. The summed E-state index contributed by atoms with van der Waals surface area (Å²) in [4.78, 5) is 15.1. The van der Waals surface area contributed by atoms with Crippen LogP contribution in [0.15, 0.2) is 42.5 Å². The smallest absolute Gasteiger partial charge is 0.257 e. The summed E-state index contributed by atoms with van der Waals surface area (Å²) in [5.74, 6) is -0.438. The number of methoxy groups -OCH3 is 1. The van der Waals surface area contributed by atoms with Gasteiger partial charge >= 0.3 is 0 Å². The van der Waals surface area contributed by atoms with E-state index in [1.54, 1.807) is 21.0 Å². The Bertz CT molecular complexity index is 1090. The van der Waals surface area contributed by atoms with E-state index >= 15 is 0 Å². The van der Waals surface area contributed by atoms with E-state index in [0.29, 0.717) is 30.0 Å². The predicted octanol–water partition coefficient (Wildman–Crippen LogP) is 4.41. The van der Waals surface area contributed by atoms with Gasteiger partial charge in [-0.2, -0.15) is 5.10 Å². The number of hydrogen-bond donors (Lipinski definition) is 0. The van der Waals surface area contributed by atoms with Crippen LogP contribution in [0.25, 0.3) is 5.69 Å². The average Bonchev–Trinajstić information content (AvgIpc) is 3.33. The maximum Gasteiger partial charge on any atom is 0.257 e. The van der Waals surface area contributed by atoms with Gasteiger partial charge in [-0.05, 0) is 50.1 Å². The lowest BCUT2D eigenvalue weighted by molar-refractivity contribution is 0.0789. The molecule has 0 N–H and O–H groups in total. The molecule has 1 aliphatic rings. The summed E-state index contributed by atoms with van der Waals surface area (Å²) in [7, 11) is 1.63. The van der Waals surface area contributed by atoms with E-state index in [0.717, 1.165) is 18.2 Å². The summed E-state index contributed by atoms with van der Waals surface area (Å²) in [6.07, 6.45) is 0.872. The Labute approximate surface area is 173 Å².